The molecule has 0 aliphatic carbocycles. The van der Waals surface area contributed by atoms with Crippen LogP contribution in [0.3, 0.4) is 0 Å². The van der Waals surface area contributed by atoms with Crippen molar-refractivity contribution in [2.24, 2.45) is 0 Å². The zero-order valence-corrected chi connectivity index (χ0v) is 9.89. The monoisotopic (exact) mass is 238 g/mol. The Bertz CT molecular complexity index is 435. The molecule has 0 N–H and O–H groups in total. The SMILES string of the molecule is ClC(Cl)[Si]c1cccc2ccccc12. The molecule has 0 aliphatic rings. The van der Waals surface area contributed by atoms with Gasteiger partial charge in [0, 0.05) is 0 Å². The molecule has 0 spiro atoms. The maximum Gasteiger partial charge on any atom is 0.125 e. The van der Waals surface area contributed by atoms with Gasteiger partial charge in [0.05, 0.1) is 4.46 Å². The summed E-state index contributed by atoms with van der Waals surface area (Å²) in [6.45, 7) is 0. The Kier molecular flexibility index (Phi) is 3.11. The van der Waals surface area contributed by atoms with Crippen LogP contribution in [0.5, 0.6) is 0 Å². The molecule has 0 fully saturated rings. The van der Waals surface area contributed by atoms with Crippen LogP contribution in [0.4, 0.5) is 0 Å². The first-order valence-corrected chi connectivity index (χ1v) is 6.25. The highest BCUT2D eigenvalue weighted by atomic mass is 35.5. The number of hydrogen-bond acceptors (Lipinski definition) is 0. The summed E-state index contributed by atoms with van der Waals surface area (Å²) in [5, 5.41) is 3.73. The lowest BCUT2D eigenvalue weighted by Gasteiger charge is -2.05. The third kappa shape index (κ3) is 2.11. The molecule has 0 unspecified atom stereocenters. The van der Waals surface area contributed by atoms with E-state index in [1.165, 1.54) is 16.0 Å². The highest BCUT2D eigenvalue weighted by Gasteiger charge is 2.06. The fourth-order valence-corrected chi connectivity index (χ4v) is 2.98. The fourth-order valence-electron chi connectivity index (χ4n) is 1.47. The van der Waals surface area contributed by atoms with Gasteiger partial charge in [0.15, 0.2) is 0 Å². The fraction of sp³-hybridized carbons (Fsp3) is 0.0909. The lowest BCUT2D eigenvalue weighted by Crippen LogP contribution is -2.20. The van der Waals surface area contributed by atoms with E-state index >= 15 is 0 Å². The van der Waals surface area contributed by atoms with Crippen LogP contribution >= 0.6 is 23.2 Å². The third-order valence-corrected chi connectivity index (χ3v) is 3.67. The van der Waals surface area contributed by atoms with Crippen molar-refractivity contribution in [1.82, 2.24) is 0 Å². The van der Waals surface area contributed by atoms with E-state index in [9.17, 15) is 0 Å². The van der Waals surface area contributed by atoms with Gasteiger partial charge in [-0.05, 0) is 10.8 Å². The molecule has 0 bridgehead atoms. The number of alkyl halides is 2. The highest BCUT2D eigenvalue weighted by Crippen LogP contribution is 2.11. The van der Waals surface area contributed by atoms with Crippen LogP contribution in [-0.4, -0.2) is 14.0 Å². The second-order valence-electron chi connectivity index (χ2n) is 2.97. The van der Waals surface area contributed by atoms with Crippen LogP contribution in [0.1, 0.15) is 0 Å². The van der Waals surface area contributed by atoms with Crippen molar-refractivity contribution in [1.29, 1.82) is 0 Å². The van der Waals surface area contributed by atoms with Gasteiger partial charge in [-0.3, -0.25) is 0 Å². The first kappa shape index (κ1) is 10.0. The molecule has 0 amide bonds. The van der Waals surface area contributed by atoms with Crippen molar-refractivity contribution in [2.75, 3.05) is 0 Å². The summed E-state index contributed by atoms with van der Waals surface area (Å²) in [4.78, 5) is 0. The number of rotatable bonds is 2. The Labute approximate surface area is 95.7 Å². The molecular formula is C11H8Cl2Si. The normalized spacial score (nSPS) is 11.1. The maximum atomic E-state index is 5.79. The average Bonchev–Trinajstić information content (AvgIpc) is 2.18. The van der Waals surface area contributed by atoms with Gasteiger partial charge in [-0.1, -0.05) is 47.7 Å². The number of halogens is 2. The van der Waals surface area contributed by atoms with E-state index in [-0.39, 0.29) is 4.46 Å². The summed E-state index contributed by atoms with van der Waals surface area (Å²) in [7, 11) is 0.446. The first-order chi connectivity index (χ1) is 6.77. The predicted molar refractivity (Wildman–Crippen MR) is 64.8 cm³/mol. The third-order valence-electron chi connectivity index (χ3n) is 2.05. The topological polar surface area (TPSA) is 0 Å². The van der Waals surface area contributed by atoms with E-state index in [0.29, 0.717) is 9.52 Å². The Morgan fingerprint density at radius 2 is 1.64 bits per heavy atom. The van der Waals surface area contributed by atoms with E-state index in [0.717, 1.165) is 0 Å². The summed E-state index contributed by atoms with van der Waals surface area (Å²) >= 11 is 11.6. The standard InChI is InChI=1S/C11H8Cl2Si/c12-11(13)14-10-7-3-5-8-4-1-2-6-9(8)10/h1-7,11H. The minimum atomic E-state index is -0.305. The largest absolute Gasteiger partial charge is 0.125 e. The smallest absolute Gasteiger partial charge is 0.110 e. The lowest BCUT2D eigenvalue weighted by molar-refractivity contribution is 1.77. The summed E-state index contributed by atoms with van der Waals surface area (Å²) in [5.41, 5.74) is 0. The zero-order valence-electron chi connectivity index (χ0n) is 7.37. The molecule has 0 saturated carbocycles. The molecule has 2 aromatic rings. The van der Waals surface area contributed by atoms with E-state index in [4.69, 9.17) is 23.2 Å². The Morgan fingerprint density at radius 1 is 0.929 bits per heavy atom. The molecule has 0 atom stereocenters. The van der Waals surface area contributed by atoms with Crippen LogP contribution in [0.2, 0.25) is 0 Å². The molecule has 2 radical (unpaired) electrons. The van der Waals surface area contributed by atoms with Crippen molar-refractivity contribution in [3.8, 4) is 0 Å². The van der Waals surface area contributed by atoms with Gasteiger partial charge in [-0.25, -0.2) is 0 Å². The highest BCUT2D eigenvalue weighted by molar-refractivity contribution is 6.77. The summed E-state index contributed by atoms with van der Waals surface area (Å²) in [5.74, 6) is 0. The van der Waals surface area contributed by atoms with Gasteiger partial charge in [-0.15, -0.1) is 23.2 Å². The molecule has 70 valence electrons. The van der Waals surface area contributed by atoms with E-state index in [1.807, 2.05) is 18.2 Å². The van der Waals surface area contributed by atoms with Crippen molar-refractivity contribution in [3.05, 3.63) is 42.5 Å². The van der Waals surface area contributed by atoms with Crippen LogP contribution in [0.15, 0.2) is 42.5 Å². The Morgan fingerprint density at radius 3 is 2.43 bits per heavy atom. The second kappa shape index (κ2) is 4.35. The first-order valence-electron chi connectivity index (χ1n) is 4.30. The minimum Gasteiger partial charge on any atom is -0.110 e. The summed E-state index contributed by atoms with van der Waals surface area (Å²) < 4.78 is -0.305. The van der Waals surface area contributed by atoms with Gasteiger partial charge in [0.1, 0.15) is 9.52 Å². The van der Waals surface area contributed by atoms with Crippen molar-refractivity contribution >= 4 is 48.7 Å². The molecule has 3 heteroatoms. The molecule has 2 aromatic carbocycles. The summed E-state index contributed by atoms with van der Waals surface area (Å²) in [6.07, 6.45) is 0. The second-order valence-corrected chi connectivity index (χ2v) is 6.20. The van der Waals surface area contributed by atoms with Gasteiger partial charge >= 0.3 is 0 Å². The molecule has 0 aliphatic heterocycles. The van der Waals surface area contributed by atoms with Gasteiger partial charge in [0.25, 0.3) is 0 Å². The van der Waals surface area contributed by atoms with Gasteiger partial charge in [0.2, 0.25) is 0 Å². The zero-order chi connectivity index (χ0) is 9.97. The van der Waals surface area contributed by atoms with E-state index in [1.54, 1.807) is 0 Å². The average molecular weight is 239 g/mol. The van der Waals surface area contributed by atoms with E-state index < -0.39 is 0 Å². The van der Waals surface area contributed by atoms with Gasteiger partial charge in [-0.2, -0.15) is 0 Å². The van der Waals surface area contributed by atoms with Gasteiger partial charge < -0.3 is 0 Å². The molecule has 14 heavy (non-hydrogen) atoms. The van der Waals surface area contributed by atoms with Crippen LogP contribution in [0, 0.1) is 0 Å². The predicted octanol–water partition coefficient (Wildman–Crippen LogP) is 2.93. The molecule has 0 aromatic heterocycles. The van der Waals surface area contributed by atoms with Crippen LogP contribution in [0.25, 0.3) is 10.8 Å². The minimum absolute atomic E-state index is 0.305. The lowest BCUT2D eigenvalue weighted by atomic mass is 10.1. The number of fused-ring (bicyclic) bond motifs is 1. The molecule has 0 heterocycles. The van der Waals surface area contributed by atoms with E-state index in [2.05, 4.69) is 24.3 Å². The maximum absolute atomic E-state index is 5.79. The molecule has 2 rings (SSSR count). The van der Waals surface area contributed by atoms with Crippen molar-refractivity contribution in [3.63, 3.8) is 0 Å². The van der Waals surface area contributed by atoms with Crippen molar-refractivity contribution in [2.45, 2.75) is 4.46 Å². The quantitative estimate of drug-likeness (QED) is 0.558. The van der Waals surface area contributed by atoms with Crippen molar-refractivity contribution < 1.29 is 0 Å². The molecule has 0 nitrogen and oxygen atoms in total. The van der Waals surface area contributed by atoms with Crippen LogP contribution < -0.4 is 5.19 Å². The van der Waals surface area contributed by atoms with Crippen LogP contribution in [-0.2, 0) is 0 Å². The molecule has 0 saturated heterocycles. The number of benzene rings is 2. The number of hydrogen-bond donors (Lipinski definition) is 0. The Hall–Kier alpha value is -0.503. The Balaban J connectivity index is 2.53. The summed E-state index contributed by atoms with van der Waals surface area (Å²) in [6, 6.07) is 14.5. The molecular weight excluding hydrogens is 231 g/mol.